The molecule has 0 radical (unpaired) electrons. The third-order valence-electron chi connectivity index (χ3n) is 3.55. The van der Waals surface area contributed by atoms with Crippen molar-refractivity contribution in [2.75, 3.05) is 26.3 Å². The lowest BCUT2D eigenvalue weighted by Crippen LogP contribution is -2.59. The van der Waals surface area contributed by atoms with Crippen LogP contribution in [0.5, 0.6) is 0 Å². The van der Waals surface area contributed by atoms with Gasteiger partial charge >= 0.3 is 0 Å². The number of nitrogens with zero attached hydrogens (tertiary/aromatic N) is 1. The van der Waals surface area contributed by atoms with Gasteiger partial charge < -0.3 is 10.5 Å². The second-order valence-electron chi connectivity index (χ2n) is 4.88. The summed E-state index contributed by atoms with van der Waals surface area (Å²) in [6.45, 7) is 9.95. The molecule has 2 N–H and O–H groups in total. The molecule has 15 heavy (non-hydrogen) atoms. The van der Waals surface area contributed by atoms with Crippen molar-refractivity contribution >= 4 is 0 Å². The van der Waals surface area contributed by atoms with E-state index in [1.54, 1.807) is 0 Å². The van der Waals surface area contributed by atoms with Crippen LogP contribution in [-0.4, -0.2) is 42.8 Å². The topological polar surface area (TPSA) is 38.5 Å². The third-order valence-corrected chi connectivity index (χ3v) is 3.55. The van der Waals surface area contributed by atoms with E-state index >= 15 is 0 Å². The van der Waals surface area contributed by atoms with Gasteiger partial charge in [-0.25, -0.2) is 0 Å². The second kappa shape index (κ2) is 5.83. The third kappa shape index (κ3) is 3.16. The number of piperidine rings is 1. The van der Waals surface area contributed by atoms with Crippen LogP contribution in [0.1, 0.15) is 40.0 Å². The van der Waals surface area contributed by atoms with Crippen LogP contribution in [0.2, 0.25) is 0 Å². The fourth-order valence-corrected chi connectivity index (χ4v) is 2.48. The van der Waals surface area contributed by atoms with Gasteiger partial charge in [0, 0.05) is 19.2 Å². The molecule has 0 spiro atoms. The molecule has 3 heteroatoms. The molecule has 0 saturated carbocycles. The maximum Gasteiger partial charge on any atom is 0.0660 e. The summed E-state index contributed by atoms with van der Waals surface area (Å²) in [6, 6.07) is 0.646. The van der Waals surface area contributed by atoms with Crippen LogP contribution in [0.3, 0.4) is 0 Å². The van der Waals surface area contributed by atoms with Gasteiger partial charge in [-0.3, -0.25) is 4.90 Å². The molecule has 1 aliphatic heterocycles. The van der Waals surface area contributed by atoms with E-state index in [0.717, 1.165) is 13.2 Å². The molecule has 1 fully saturated rings. The zero-order chi connectivity index (χ0) is 11.3. The second-order valence-corrected chi connectivity index (χ2v) is 4.88. The summed E-state index contributed by atoms with van der Waals surface area (Å²) in [5.74, 6) is 0. The minimum absolute atomic E-state index is 0.0237. The Bertz CT molecular complexity index is 186. The molecule has 0 aliphatic carbocycles. The van der Waals surface area contributed by atoms with Crippen LogP contribution in [0.15, 0.2) is 0 Å². The summed E-state index contributed by atoms with van der Waals surface area (Å²) in [4.78, 5) is 2.53. The fourth-order valence-electron chi connectivity index (χ4n) is 2.48. The van der Waals surface area contributed by atoms with Crippen molar-refractivity contribution in [3.63, 3.8) is 0 Å². The summed E-state index contributed by atoms with van der Waals surface area (Å²) in [7, 11) is 0. The molecule has 3 nitrogen and oxygen atoms in total. The van der Waals surface area contributed by atoms with Crippen molar-refractivity contribution in [1.29, 1.82) is 0 Å². The Kier molecular flexibility index (Phi) is 5.03. The molecule has 2 unspecified atom stereocenters. The first-order valence-corrected chi connectivity index (χ1v) is 6.18. The first kappa shape index (κ1) is 12.9. The molecule has 1 rings (SSSR count). The molecule has 0 aromatic rings. The molecule has 2 atom stereocenters. The Morgan fingerprint density at radius 2 is 2.20 bits per heavy atom. The molecule has 1 aliphatic rings. The predicted octanol–water partition coefficient (Wildman–Crippen LogP) is 1.61. The highest BCUT2D eigenvalue weighted by Crippen LogP contribution is 2.25. The molecule has 0 aromatic carbocycles. The van der Waals surface area contributed by atoms with Crippen LogP contribution >= 0.6 is 0 Å². The Hall–Kier alpha value is -0.120. The van der Waals surface area contributed by atoms with E-state index in [9.17, 15) is 0 Å². The molecule has 1 saturated heterocycles. The molecular weight excluding hydrogens is 188 g/mol. The number of hydrogen-bond donors (Lipinski definition) is 1. The first-order valence-electron chi connectivity index (χ1n) is 6.18. The molecule has 1 heterocycles. The zero-order valence-electron chi connectivity index (χ0n) is 10.5. The number of rotatable bonds is 5. The first-order chi connectivity index (χ1) is 7.14. The minimum Gasteiger partial charge on any atom is -0.380 e. The smallest absolute Gasteiger partial charge is 0.0660 e. The van der Waals surface area contributed by atoms with Crippen molar-refractivity contribution in [2.45, 2.75) is 51.6 Å². The Balaban J connectivity index is 2.61. The predicted molar refractivity (Wildman–Crippen MR) is 64.0 cm³/mol. The van der Waals surface area contributed by atoms with E-state index in [1.807, 2.05) is 6.92 Å². The summed E-state index contributed by atoms with van der Waals surface area (Å²) in [5.41, 5.74) is 5.94. The van der Waals surface area contributed by atoms with Crippen molar-refractivity contribution in [2.24, 2.45) is 5.73 Å². The average molecular weight is 214 g/mol. The molecule has 0 amide bonds. The lowest BCUT2D eigenvalue weighted by molar-refractivity contribution is -0.0229. The standard InChI is InChI=1S/C12H26N2O/c1-4-15-10-12(3,9-13)14-8-6-5-7-11(14)2/h11H,4-10,13H2,1-3H3. The van der Waals surface area contributed by atoms with Gasteiger partial charge in [0.05, 0.1) is 12.1 Å². The van der Waals surface area contributed by atoms with Crippen LogP contribution in [-0.2, 0) is 4.74 Å². The summed E-state index contributed by atoms with van der Waals surface area (Å²) < 4.78 is 5.57. The number of hydrogen-bond acceptors (Lipinski definition) is 3. The van der Waals surface area contributed by atoms with Gasteiger partial charge in [-0.05, 0) is 40.2 Å². The lowest BCUT2D eigenvalue weighted by atomic mass is 9.93. The summed E-state index contributed by atoms with van der Waals surface area (Å²) in [6.07, 6.45) is 3.95. The maximum atomic E-state index is 5.92. The van der Waals surface area contributed by atoms with E-state index < -0.39 is 0 Å². The highest BCUT2D eigenvalue weighted by molar-refractivity contribution is 4.91. The van der Waals surface area contributed by atoms with Gasteiger partial charge in [0.2, 0.25) is 0 Å². The van der Waals surface area contributed by atoms with Crippen LogP contribution in [0.25, 0.3) is 0 Å². The summed E-state index contributed by atoms with van der Waals surface area (Å²) >= 11 is 0. The van der Waals surface area contributed by atoms with Crippen molar-refractivity contribution < 1.29 is 4.74 Å². The quantitative estimate of drug-likeness (QED) is 0.755. The molecular formula is C12H26N2O. The Morgan fingerprint density at radius 1 is 1.47 bits per heavy atom. The van der Waals surface area contributed by atoms with Crippen LogP contribution in [0, 0.1) is 0 Å². The van der Waals surface area contributed by atoms with Crippen molar-refractivity contribution in [3.05, 3.63) is 0 Å². The van der Waals surface area contributed by atoms with Gasteiger partial charge in [-0.1, -0.05) is 6.42 Å². The fraction of sp³-hybridized carbons (Fsp3) is 1.00. The maximum absolute atomic E-state index is 5.92. The number of likely N-dealkylation sites (tertiary alicyclic amines) is 1. The highest BCUT2D eigenvalue weighted by atomic mass is 16.5. The number of nitrogens with two attached hydrogens (primary N) is 1. The minimum atomic E-state index is 0.0237. The van der Waals surface area contributed by atoms with E-state index in [2.05, 4.69) is 18.7 Å². The van der Waals surface area contributed by atoms with Crippen molar-refractivity contribution in [3.8, 4) is 0 Å². The zero-order valence-corrected chi connectivity index (χ0v) is 10.5. The monoisotopic (exact) mass is 214 g/mol. The van der Waals surface area contributed by atoms with Gasteiger partial charge in [-0.15, -0.1) is 0 Å². The average Bonchev–Trinajstić information content (AvgIpc) is 2.26. The summed E-state index contributed by atoms with van der Waals surface area (Å²) in [5, 5.41) is 0. The van der Waals surface area contributed by atoms with Crippen LogP contribution < -0.4 is 5.73 Å². The van der Waals surface area contributed by atoms with Crippen molar-refractivity contribution in [1.82, 2.24) is 4.90 Å². The van der Waals surface area contributed by atoms with E-state index in [0.29, 0.717) is 12.6 Å². The van der Waals surface area contributed by atoms with E-state index in [-0.39, 0.29) is 5.54 Å². The van der Waals surface area contributed by atoms with Gasteiger partial charge in [0.1, 0.15) is 0 Å². The molecule has 90 valence electrons. The van der Waals surface area contributed by atoms with E-state index in [1.165, 1.54) is 25.8 Å². The van der Waals surface area contributed by atoms with E-state index in [4.69, 9.17) is 10.5 Å². The Morgan fingerprint density at radius 3 is 2.73 bits per heavy atom. The molecule has 0 aromatic heterocycles. The van der Waals surface area contributed by atoms with Gasteiger partial charge in [0.15, 0.2) is 0 Å². The largest absolute Gasteiger partial charge is 0.380 e. The normalized spacial score (nSPS) is 27.6. The molecule has 0 bridgehead atoms. The number of ether oxygens (including phenoxy) is 1. The lowest BCUT2D eigenvalue weighted by Gasteiger charge is -2.46. The highest BCUT2D eigenvalue weighted by Gasteiger charge is 2.35. The van der Waals surface area contributed by atoms with Gasteiger partial charge in [-0.2, -0.15) is 0 Å². The Labute approximate surface area is 94.0 Å². The van der Waals surface area contributed by atoms with Gasteiger partial charge in [0.25, 0.3) is 0 Å². The SMILES string of the molecule is CCOCC(C)(CN)N1CCCCC1C. The van der Waals surface area contributed by atoms with Crippen LogP contribution in [0.4, 0.5) is 0 Å².